The summed E-state index contributed by atoms with van der Waals surface area (Å²) in [6, 6.07) is 8.23. The molecular weight excluding hydrogens is 380 g/mol. The monoisotopic (exact) mass is 396 g/mol. The largest absolute Gasteiger partial charge is 0.343 e. The fourth-order valence-electron chi connectivity index (χ4n) is 3.37. The first-order chi connectivity index (χ1) is 13.6. The summed E-state index contributed by atoms with van der Waals surface area (Å²) in [6.45, 7) is 0.438. The molecule has 1 N–H and O–H groups in total. The predicted molar refractivity (Wildman–Crippen MR) is 103 cm³/mol. The molecule has 1 unspecified atom stereocenters. The van der Waals surface area contributed by atoms with Gasteiger partial charge in [0.25, 0.3) is 11.8 Å². The Balaban J connectivity index is 1.61. The molecule has 142 valence electrons. The lowest BCUT2D eigenvalue weighted by Crippen LogP contribution is -2.41. The molecule has 4 rings (SSSR count). The van der Waals surface area contributed by atoms with Crippen LogP contribution in [-0.4, -0.2) is 38.3 Å². The molecule has 1 aliphatic heterocycles. The van der Waals surface area contributed by atoms with Gasteiger partial charge in [-0.15, -0.1) is 0 Å². The van der Waals surface area contributed by atoms with Gasteiger partial charge in [0.05, 0.1) is 52.2 Å². The van der Waals surface area contributed by atoms with E-state index in [1.165, 1.54) is 12.4 Å². The summed E-state index contributed by atoms with van der Waals surface area (Å²) in [5.41, 5.74) is 2.29. The number of rotatable bonds is 3. The van der Waals surface area contributed by atoms with Gasteiger partial charge in [-0.1, -0.05) is 23.7 Å². The number of hydrogen-bond donors (Lipinski definition) is 1. The van der Waals surface area contributed by atoms with E-state index in [0.29, 0.717) is 34.8 Å². The van der Waals surface area contributed by atoms with Gasteiger partial charge in [-0.2, -0.15) is 15.3 Å². The summed E-state index contributed by atoms with van der Waals surface area (Å²) >= 11 is 6.14. The molecule has 0 saturated heterocycles. The Kier molecular flexibility index (Phi) is 4.79. The maximum Gasteiger partial charge on any atom is 0.260 e. The highest BCUT2D eigenvalue weighted by molar-refractivity contribution is 6.33. The van der Waals surface area contributed by atoms with Gasteiger partial charge in [0.1, 0.15) is 0 Å². The van der Waals surface area contributed by atoms with E-state index in [0.717, 1.165) is 5.69 Å². The molecule has 0 saturated carbocycles. The van der Waals surface area contributed by atoms with Crippen LogP contribution in [0, 0.1) is 0 Å². The quantitative estimate of drug-likeness (QED) is 0.733. The summed E-state index contributed by atoms with van der Waals surface area (Å²) in [7, 11) is 1.79. The van der Waals surface area contributed by atoms with Crippen molar-refractivity contribution in [1.29, 1.82) is 0 Å². The summed E-state index contributed by atoms with van der Waals surface area (Å²) in [4.78, 5) is 27.2. The van der Waals surface area contributed by atoms with Crippen molar-refractivity contribution in [3.05, 3.63) is 70.8 Å². The first kappa shape index (κ1) is 18.1. The number of halogens is 1. The normalized spacial score (nSPS) is 15.8. The number of nitrogens with zero attached hydrogens (tertiary/aromatic N) is 5. The molecule has 0 fully saturated rings. The lowest BCUT2D eigenvalue weighted by atomic mass is 10.0. The van der Waals surface area contributed by atoms with Crippen molar-refractivity contribution in [1.82, 2.24) is 25.3 Å². The fourth-order valence-corrected chi connectivity index (χ4v) is 3.59. The molecule has 1 aromatic carbocycles. The summed E-state index contributed by atoms with van der Waals surface area (Å²) in [6.07, 6.45) is 5.10. The zero-order valence-corrected chi connectivity index (χ0v) is 15.8. The molecule has 0 bridgehead atoms. The molecule has 8 nitrogen and oxygen atoms in total. The summed E-state index contributed by atoms with van der Waals surface area (Å²) in [5, 5.41) is 15.2. The van der Waals surface area contributed by atoms with E-state index in [1.54, 1.807) is 53.2 Å². The van der Waals surface area contributed by atoms with E-state index in [2.05, 4.69) is 20.6 Å². The van der Waals surface area contributed by atoms with Crippen LogP contribution in [0.4, 0.5) is 5.69 Å². The van der Waals surface area contributed by atoms with E-state index < -0.39 is 0 Å². The zero-order chi connectivity index (χ0) is 19.7. The number of nitrogens with one attached hydrogen (secondary N) is 1. The van der Waals surface area contributed by atoms with Crippen molar-refractivity contribution < 1.29 is 9.59 Å². The van der Waals surface area contributed by atoms with E-state index in [9.17, 15) is 9.59 Å². The third-order valence-corrected chi connectivity index (χ3v) is 5.06. The van der Waals surface area contributed by atoms with Crippen molar-refractivity contribution in [2.45, 2.75) is 12.5 Å². The van der Waals surface area contributed by atoms with Crippen molar-refractivity contribution in [3.8, 4) is 0 Å². The van der Waals surface area contributed by atoms with Crippen LogP contribution in [0.2, 0.25) is 5.02 Å². The number of fused-ring (bicyclic) bond motifs is 1. The van der Waals surface area contributed by atoms with Crippen molar-refractivity contribution in [3.63, 3.8) is 0 Å². The van der Waals surface area contributed by atoms with Crippen LogP contribution in [0.1, 0.15) is 38.9 Å². The zero-order valence-electron chi connectivity index (χ0n) is 15.0. The number of benzene rings is 1. The molecule has 1 aliphatic rings. The molecule has 2 amide bonds. The Bertz CT molecular complexity index is 1040. The van der Waals surface area contributed by atoms with Gasteiger partial charge in [-0.3, -0.25) is 14.3 Å². The second-order valence-electron chi connectivity index (χ2n) is 6.42. The third kappa shape index (κ3) is 3.22. The Hall–Kier alpha value is -3.26. The first-order valence-electron chi connectivity index (χ1n) is 8.72. The van der Waals surface area contributed by atoms with Crippen LogP contribution in [0.15, 0.2) is 48.9 Å². The molecule has 2 aromatic heterocycles. The summed E-state index contributed by atoms with van der Waals surface area (Å²) < 4.78 is 1.68. The van der Waals surface area contributed by atoms with Crippen LogP contribution in [0.3, 0.4) is 0 Å². The number of amides is 2. The van der Waals surface area contributed by atoms with Gasteiger partial charge in [-0.25, -0.2) is 0 Å². The third-order valence-electron chi connectivity index (χ3n) is 4.73. The maximum absolute atomic E-state index is 12.9. The average molecular weight is 397 g/mol. The maximum atomic E-state index is 12.9. The Morgan fingerprint density at radius 1 is 1.18 bits per heavy atom. The molecule has 3 aromatic rings. The van der Waals surface area contributed by atoms with E-state index in [1.807, 2.05) is 0 Å². The molecular formula is C19H17ClN6O2. The molecule has 9 heteroatoms. The minimum atomic E-state index is -0.286. The minimum absolute atomic E-state index is 0.181. The lowest BCUT2D eigenvalue weighted by molar-refractivity contribution is 0.0931. The molecule has 0 aliphatic carbocycles. The number of carbonyl (C=O) groups is 2. The van der Waals surface area contributed by atoms with Gasteiger partial charge < -0.3 is 10.2 Å². The molecule has 28 heavy (non-hydrogen) atoms. The standard InChI is InChI=1S/C19H17ClN6O2/c1-25-17-15(24-18(27)13-4-2-3-5-14(13)20)7-9-26(16(17)11-23-25)19(28)12-6-8-21-22-10-12/h2-6,8,10-11,15H,7,9H2,1H3,(H,24,27). The minimum Gasteiger partial charge on any atom is -0.343 e. The molecule has 0 radical (unpaired) electrons. The number of aromatic nitrogens is 4. The van der Waals surface area contributed by atoms with Crippen LogP contribution in [0.25, 0.3) is 0 Å². The van der Waals surface area contributed by atoms with Crippen molar-refractivity contribution in [2.24, 2.45) is 7.05 Å². The predicted octanol–water partition coefficient (Wildman–Crippen LogP) is 2.39. The number of aryl methyl sites for hydroxylation is 1. The van der Waals surface area contributed by atoms with Crippen LogP contribution < -0.4 is 10.2 Å². The highest BCUT2D eigenvalue weighted by atomic mass is 35.5. The van der Waals surface area contributed by atoms with Gasteiger partial charge in [0.2, 0.25) is 0 Å². The van der Waals surface area contributed by atoms with Crippen molar-refractivity contribution >= 4 is 29.1 Å². The number of hydrogen-bond acceptors (Lipinski definition) is 5. The molecule has 0 spiro atoms. The van der Waals surface area contributed by atoms with E-state index in [-0.39, 0.29) is 17.9 Å². The number of anilines is 1. The average Bonchev–Trinajstić information content (AvgIpc) is 3.11. The first-order valence-corrected chi connectivity index (χ1v) is 9.10. The van der Waals surface area contributed by atoms with Gasteiger partial charge in [0, 0.05) is 13.6 Å². The van der Waals surface area contributed by atoms with E-state index >= 15 is 0 Å². The van der Waals surface area contributed by atoms with Gasteiger partial charge in [0.15, 0.2) is 0 Å². The SMILES string of the molecule is Cn1ncc2c1C(NC(=O)c1ccccc1Cl)CCN2C(=O)c1ccnnc1. The highest BCUT2D eigenvalue weighted by Crippen LogP contribution is 2.34. The Morgan fingerprint density at radius 3 is 2.75 bits per heavy atom. The molecule has 3 heterocycles. The van der Waals surface area contributed by atoms with Gasteiger partial charge in [-0.05, 0) is 24.6 Å². The fraction of sp³-hybridized carbons (Fsp3) is 0.211. The second-order valence-corrected chi connectivity index (χ2v) is 6.83. The second kappa shape index (κ2) is 7.40. The van der Waals surface area contributed by atoms with Gasteiger partial charge >= 0.3 is 0 Å². The number of carbonyl (C=O) groups excluding carboxylic acids is 2. The van der Waals surface area contributed by atoms with Crippen LogP contribution in [-0.2, 0) is 7.05 Å². The topological polar surface area (TPSA) is 93.0 Å². The van der Waals surface area contributed by atoms with Crippen molar-refractivity contribution in [2.75, 3.05) is 11.4 Å². The highest BCUT2D eigenvalue weighted by Gasteiger charge is 2.33. The Morgan fingerprint density at radius 2 is 2.00 bits per heavy atom. The summed E-state index contributed by atoms with van der Waals surface area (Å²) in [5.74, 6) is -0.444. The van der Waals surface area contributed by atoms with E-state index in [4.69, 9.17) is 11.6 Å². The smallest absolute Gasteiger partial charge is 0.260 e. The van der Waals surface area contributed by atoms with Crippen LogP contribution in [0.5, 0.6) is 0 Å². The Labute approximate surface area is 166 Å². The lowest BCUT2D eigenvalue weighted by Gasteiger charge is -2.32. The molecule has 1 atom stereocenters. The van der Waals surface area contributed by atoms with Crippen LogP contribution >= 0.6 is 11.6 Å².